The van der Waals surface area contributed by atoms with Crippen LogP contribution in [0.1, 0.15) is 69.2 Å². The fraction of sp³-hybridized carbons (Fsp3) is 0.321. The lowest BCUT2D eigenvalue weighted by Crippen LogP contribution is -2.40. The number of aromatic nitrogens is 1. The zero-order chi connectivity index (χ0) is 26.9. The number of benzene rings is 2. The third kappa shape index (κ3) is 5.40. The van der Waals surface area contributed by atoms with Crippen molar-refractivity contribution < 1.29 is 14.6 Å². The Labute approximate surface area is 229 Å². The summed E-state index contributed by atoms with van der Waals surface area (Å²) in [6.07, 6.45) is 2.87. The van der Waals surface area contributed by atoms with Crippen molar-refractivity contribution in [1.82, 2.24) is 4.57 Å². The number of rotatable bonds is 7. The van der Waals surface area contributed by atoms with Gasteiger partial charge in [-0.25, -0.2) is 9.79 Å². The molecule has 0 spiro atoms. The van der Waals surface area contributed by atoms with Crippen molar-refractivity contribution >= 4 is 46.6 Å². The molecule has 9 heteroatoms. The number of aromatic hydroxyl groups is 1. The predicted octanol–water partition coefficient (Wildman–Crippen LogP) is 5.71. The molecule has 0 bridgehead atoms. The molecule has 6 nitrogen and oxygen atoms in total. The molecule has 1 aliphatic heterocycles. The van der Waals surface area contributed by atoms with E-state index in [1.54, 1.807) is 13.0 Å². The van der Waals surface area contributed by atoms with Crippen LogP contribution in [-0.2, 0) is 9.53 Å². The van der Waals surface area contributed by atoms with E-state index in [-0.39, 0.29) is 22.9 Å². The number of hydrogen-bond donors (Lipinski definition) is 1. The minimum Gasteiger partial charge on any atom is -0.506 e. The summed E-state index contributed by atoms with van der Waals surface area (Å²) >= 11 is 13.4. The lowest BCUT2D eigenvalue weighted by atomic mass is 9.92. The number of phenolic OH excluding ortho intramolecular Hbond substituents is 1. The number of ether oxygens (including phenoxy) is 1. The summed E-state index contributed by atoms with van der Waals surface area (Å²) < 4.78 is 7.30. The number of phenols is 1. The van der Waals surface area contributed by atoms with Crippen LogP contribution in [0.2, 0.25) is 10.0 Å². The number of hydrogen-bond acceptors (Lipinski definition) is 6. The van der Waals surface area contributed by atoms with Crippen molar-refractivity contribution in [3.63, 3.8) is 0 Å². The van der Waals surface area contributed by atoms with Gasteiger partial charge in [0, 0.05) is 10.6 Å². The number of carbonyl (C=O) groups is 1. The standard InChI is InChI=1S/C28H28Cl2N2O4S/c1-5-7-21-23(27(35)36-6-2)24(17-10-8-16(9-11-17)15(3)4)32-26(34)22(37-28(32)31-21)13-18-12-19(29)14-20(30)25(18)33/h8-15,24,33H,5-7H2,1-4H3/b22-13-/t24-/m1/s1. The minimum atomic E-state index is -0.697. The average molecular weight is 560 g/mol. The van der Waals surface area contributed by atoms with Crippen LogP contribution < -0.4 is 14.9 Å². The van der Waals surface area contributed by atoms with Gasteiger partial charge in [-0.1, -0.05) is 86.0 Å². The second-order valence-electron chi connectivity index (χ2n) is 9.06. The van der Waals surface area contributed by atoms with E-state index >= 15 is 0 Å². The van der Waals surface area contributed by atoms with Crippen molar-refractivity contribution in [2.24, 2.45) is 4.99 Å². The van der Waals surface area contributed by atoms with Crippen molar-refractivity contribution in [2.45, 2.75) is 52.5 Å². The van der Waals surface area contributed by atoms with Crippen LogP contribution >= 0.6 is 34.5 Å². The van der Waals surface area contributed by atoms with Gasteiger partial charge < -0.3 is 9.84 Å². The number of fused-ring (bicyclic) bond motifs is 1. The van der Waals surface area contributed by atoms with E-state index in [2.05, 4.69) is 13.8 Å². The summed E-state index contributed by atoms with van der Waals surface area (Å²) in [6.45, 7) is 8.19. The SMILES string of the molecule is CCCC1=C(C(=O)OCC)[C@@H](c2ccc(C(C)C)cc2)n2c(s/c(=C\c3cc(Cl)cc(Cl)c3O)c2=O)=N1. The molecule has 1 aliphatic rings. The maximum absolute atomic E-state index is 13.8. The van der Waals surface area contributed by atoms with Gasteiger partial charge in [-0.3, -0.25) is 9.36 Å². The highest BCUT2D eigenvalue weighted by atomic mass is 35.5. The molecule has 4 rings (SSSR count). The van der Waals surface area contributed by atoms with Crippen molar-refractivity contribution in [2.75, 3.05) is 6.61 Å². The predicted molar refractivity (Wildman–Crippen MR) is 148 cm³/mol. The second-order valence-corrected chi connectivity index (χ2v) is 10.9. The first kappa shape index (κ1) is 27.2. The van der Waals surface area contributed by atoms with E-state index < -0.39 is 12.0 Å². The molecule has 0 aliphatic carbocycles. The van der Waals surface area contributed by atoms with Gasteiger partial charge in [0.1, 0.15) is 5.75 Å². The summed E-state index contributed by atoms with van der Waals surface area (Å²) in [5, 5.41) is 10.9. The van der Waals surface area contributed by atoms with Crippen LogP contribution in [0.3, 0.4) is 0 Å². The number of allylic oxidation sites excluding steroid dienone is 1. The van der Waals surface area contributed by atoms with Crippen LogP contribution in [0.15, 0.2) is 57.5 Å². The third-order valence-electron chi connectivity index (χ3n) is 6.16. The van der Waals surface area contributed by atoms with Gasteiger partial charge in [0.25, 0.3) is 5.56 Å². The molecular weight excluding hydrogens is 531 g/mol. The van der Waals surface area contributed by atoms with Crippen LogP contribution in [-0.4, -0.2) is 22.2 Å². The topological polar surface area (TPSA) is 80.9 Å². The number of esters is 1. The monoisotopic (exact) mass is 558 g/mol. The average Bonchev–Trinajstić information content (AvgIpc) is 3.16. The molecule has 1 aromatic heterocycles. The number of thiazole rings is 1. The molecule has 0 unspecified atom stereocenters. The molecule has 0 saturated heterocycles. The quantitative estimate of drug-likeness (QED) is 0.376. The Morgan fingerprint density at radius 2 is 1.92 bits per heavy atom. The summed E-state index contributed by atoms with van der Waals surface area (Å²) in [6, 6.07) is 10.2. The van der Waals surface area contributed by atoms with Crippen molar-refractivity contribution in [3.05, 3.63) is 94.1 Å². The van der Waals surface area contributed by atoms with Crippen LogP contribution in [0.4, 0.5) is 0 Å². The van der Waals surface area contributed by atoms with Crippen molar-refractivity contribution in [3.8, 4) is 5.75 Å². The highest BCUT2D eigenvalue weighted by Crippen LogP contribution is 2.34. The van der Waals surface area contributed by atoms with E-state index in [1.807, 2.05) is 31.2 Å². The first-order valence-corrected chi connectivity index (χ1v) is 13.7. The van der Waals surface area contributed by atoms with Crippen LogP contribution in [0, 0.1) is 0 Å². The Balaban J connectivity index is 2.00. The van der Waals surface area contributed by atoms with E-state index in [9.17, 15) is 14.7 Å². The highest BCUT2D eigenvalue weighted by Gasteiger charge is 2.34. The number of halogens is 2. The Hall–Kier alpha value is -2.87. The molecular formula is C28H28Cl2N2O4S. The van der Waals surface area contributed by atoms with E-state index in [1.165, 1.54) is 28.0 Å². The zero-order valence-electron chi connectivity index (χ0n) is 21.0. The molecule has 2 aromatic carbocycles. The summed E-state index contributed by atoms with van der Waals surface area (Å²) in [7, 11) is 0. The molecule has 1 N–H and O–H groups in total. The van der Waals surface area contributed by atoms with Gasteiger partial charge in [0.15, 0.2) is 4.80 Å². The minimum absolute atomic E-state index is 0.0875. The Bertz CT molecular complexity index is 1550. The highest BCUT2D eigenvalue weighted by molar-refractivity contribution is 7.07. The number of nitrogens with zero attached hydrogens (tertiary/aromatic N) is 2. The molecule has 0 radical (unpaired) electrons. The lowest BCUT2D eigenvalue weighted by Gasteiger charge is -2.26. The van der Waals surface area contributed by atoms with E-state index in [0.717, 1.165) is 17.5 Å². The summed E-state index contributed by atoms with van der Waals surface area (Å²) in [5.74, 6) is -0.318. The molecule has 0 saturated carbocycles. The summed E-state index contributed by atoms with van der Waals surface area (Å²) in [4.78, 5) is 32.3. The fourth-order valence-electron chi connectivity index (χ4n) is 4.34. The molecule has 0 fully saturated rings. The van der Waals surface area contributed by atoms with Gasteiger partial charge in [-0.15, -0.1) is 0 Å². The molecule has 1 atom stereocenters. The molecule has 2 heterocycles. The maximum atomic E-state index is 13.8. The largest absolute Gasteiger partial charge is 0.506 e. The lowest BCUT2D eigenvalue weighted by molar-refractivity contribution is -0.139. The Morgan fingerprint density at radius 1 is 1.22 bits per heavy atom. The van der Waals surface area contributed by atoms with Crippen LogP contribution in [0.25, 0.3) is 6.08 Å². The van der Waals surface area contributed by atoms with Gasteiger partial charge in [0.2, 0.25) is 0 Å². The van der Waals surface area contributed by atoms with E-state index in [0.29, 0.717) is 43.5 Å². The Morgan fingerprint density at radius 3 is 2.54 bits per heavy atom. The molecule has 3 aromatic rings. The van der Waals surface area contributed by atoms with Crippen molar-refractivity contribution in [1.29, 1.82) is 0 Å². The third-order valence-corrected chi connectivity index (χ3v) is 7.64. The zero-order valence-corrected chi connectivity index (χ0v) is 23.4. The van der Waals surface area contributed by atoms with Crippen LogP contribution in [0.5, 0.6) is 5.75 Å². The van der Waals surface area contributed by atoms with Gasteiger partial charge in [0.05, 0.1) is 33.5 Å². The van der Waals surface area contributed by atoms with Gasteiger partial charge in [-0.05, 0) is 48.6 Å². The maximum Gasteiger partial charge on any atom is 0.338 e. The first-order chi connectivity index (χ1) is 17.7. The second kappa shape index (κ2) is 11.3. The number of carbonyl (C=O) groups excluding carboxylic acids is 1. The normalized spacial score (nSPS) is 15.6. The molecule has 37 heavy (non-hydrogen) atoms. The van der Waals surface area contributed by atoms with Gasteiger partial charge >= 0.3 is 5.97 Å². The van der Waals surface area contributed by atoms with E-state index in [4.69, 9.17) is 32.9 Å². The molecule has 0 amide bonds. The smallest absolute Gasteiger partial charge is 0.338 e. The first-order valence-electron chi connectivity index (χ1n) is 12.2. The fourth-order valence-corrected chi connectivity index (χ4v) is 5.86. The summed E-state index contributed by atoms with van der Waals surface area (Å²) in [5.41, 5.74) is 2.90. The Kier molecular flexibility index (Phi) is 8.26. The van der Waals surface area contributed by atoms with Gasteiger partial charge in [-0.2, -0.15) is 0 Å². The molecule has 194 valence electrons.